The molecule has 150 valence electrons. The molecule has 2 aromatic carbocycles. The number of anilines is 2. The zero-order valence-corrected chi connectivity index (χ0v) is 16.6. The molecule has 0 spiro atoms. The standard InChI is InChI=1S/C21H24N6O2/c1-12-4-7-15(8-5-12)24-20(22)27-21-25-17(19(29)26-21)11-18(28)23-16-9-6-13(2)14(3)10-16/h4-10,17H,11H2,1-3H3,(H,23,28)(H4,22,24,25,26,27,29). The van der Waals surface area contributed by atoms with Gasteiger partial charge in [0.25, 0.3) is 5.91 Å². The smallest absolute Gasteiger partial charge is 0.252 e. The number of aliphatic imine (C=N–C) groups is 2. The van der Waals surface area contributed by atoms with Crippen LogP contribution in [0.1, 0.15) is 23.1 Å². The van der Waals surface area contributed by atoms with Gasteiger partial charge in [0.1, 0.15) is 6.04 Å². The fourth-order valence-corrected chi connectivity index (χ4v) is 2.76. The molecule has 0 saturated carbocycles. The third kappa shape index (κ3) is 5.41. The number of benzene rings is 2. The summed E-state index contributed by atoms with van der Waals surface area (Å²) in [5.41, 5.74) is 10.7. The van der Waals surface area contributed by atoms with E-state index in [-0.39, 0.29) is 30.2 Å². The zero-order valence-electron chi connectivity index (χ0n) is 16.6. The third-order valence-corrected chi connectivity index (χ3v) is 4.54. The van der Waals surface area contributed by atoms with Crippen molar-refractivity contribution in [2.45, 2.75) is 33.2 Å². The Hall–Kier alpha value is -3.68. The monoisotopic (exact) mass is 392 g/mol. The molecular formula is C21H24N6O2. The summed E-state index contributed by atoms with van der Waals surface area (Å²) >= 11 is 0. The second-order valence-electron chi connectivity index (χ2n) is 7.00. The average molecular weight is 392 g/mol. The fourth-order valence-electron chi connectivity index (χ4n) is 2.76. The summed E-state index contributed by atoms with van der Waals surface area (Å²) in [5, 5.41) is 8.25. The average Bonchev–Trinajstić information content (AvgIpc) is 2.98. The highest BCUT2D eigenvalue weighted by Gasteiger charge is 2.28. The minimum atomic E-state index is -0.840. The van der Waals surface area contributed by atoms with Crippen molar-refractivity contribution in [3.05, 3.63) is 59.2 Å². The molecule has 2 amide bonds. The molecular weight excluding hydrogens is 368 g/mol. The van der Waals surface area contributed by atoms with Crippen LogP contribution in [-0.4, -0.2) is 29.8 Å². The van der Waals surface area contributed by atoms with E-state index in [4.69, 9.17) is 5.73 Å². The molecule has 8 nitrogen and oxygen atoms in total. The number of nitrogens with zero attached hydrogens (tertiary/aromatic N) is 2. The van der Waals surface area contributed by atoms with E-state index in [9.17, 15) is 9.59 Å². The summed E-state index contributed by atoms with van der Waals surface area (Å²) < 4.78 is 0. The Kier molecular flexibility index (Phi) is 5.92. The van der Waals surface area contributed by atoms with Crippen molar-refractivity contribution < 1.29 is 9.59 Å². The van der Waals surface area contributed by atoms with E-state index in [1.807, 2.05) is 63.2 Å². The van der Waals surface area contributed by atoms with Gasteiger partial charge in [-0.1, -0.05) is 23.8 Å². The lowest BCUT2D eigenvalue weighted by Gasteiger charge is -2.08. The largest absolute Gasteiger partial charge is 0.369 e. The number of carbonyl (C=O) groups is 2. The van der Waals surface area contributed by atoms with Gasteiger partial charge in [0.05, 0.1) is 6.42 Å². The summed E-state index contributed by atoms with van der Waals surface area (Å²) in [6, 6.07) is 12.4. The number of nitrogens with one attached hydrogen (secondary N) is 3. The first kappa shape index (κ1) is 20.1. The molecule has 1 aliphatic heterocycles. The van der Waals surface area contributed by atoms with E-state index in [1.54, 1.807) is 0 Å². The van der Waals surface area contributed by atoms with Crippen molar-refractivity contribution in [1.29, 1.82) is 0 Å². The van der Waals surface area contributed by atoms with Gasteiger partial charge < -0.3 is 16.4 Å². The highest BCUT2D eigenvalue weighted by molar-refractivity contribution is 6.11. The van der Waals surface area contributed by atoms with Crippen molar-refractivity contribution >= 4 is 35.1 Å². The van der Waals surface area contributed by atoms with Gasteiger partial charge in [0.2, 0.25) is 17.8 Å². The second kappa shape index (κ2) is 8.55. The number of hydrogen-bond acceptors (Lipinski definition) is 4. The Balaban J connectivity index is 1.60. The van der Waals surface area contributed by atoms with Crippen molar-refractivity contribution in [3.8, 4) is 0 Å². The van der Waals surface area contributed by atoms with Gasteiger partial charge >= 0.3 is 0 Å². The van der Waals surface area contributed by atoms with Crippen LogP contribution in [0, 0.1) is 20.8 Å². The van der Waals surface area contributed by atoms with E-state index >= 15 is 0 Å². The lowest BCUT2D eigenvalue weighted by atomic mass is 10.1. The van der Waals surface area contributed by atoms with Gasteiger partial charge in [0, 0.05) is 11.4 Å². The molecule has 0 radical (unpaired) electrons. The molecule has 0 aromatic heterocycles. The third-order valence-electron chi connectivity index (χ3n) is 4.54. The van der Waals surface area contributed by atoms with Gasteiger partial charge in [-0.15, -0.1) is 0 Å². The Morgan fingerprint density at radius 2 is 1.76 bits per heavy atom. The molecule has 3 rings (SSSR count). The maximum Gasteiger partial charge on any atom is 0.252 e. The molecule has 2 aromatic rings. The first-order valence-corrected chi connectivity index (χ1v) is 9.24. The maximum atomic E-state index is 12.3. The predicted octanol–water partition coefficient (Wildman–Crippen LogP) is 2.22. The van der Waals surface area contributed by atoms with E-state index < -0.39 is 6.04 Å². The van der Waals surface area contributed by atoms with Crippen LogP contribution in [0.25, 0.3) is 0 Å². The summed E-state index contributed by atoms with van der Waals surface area (Å²) in [6.07, 6.45) is -0.0803. The molecule has 0 saturated heterocycles. The van der Waals surface area contributed by atoms with Crippen LogP contribution in [0.2, 0.25) is 0 Å². The Morgan fingerprint density at radius 3 is 2.45 bits per heavy atom. The highest BCUT2D eigenvalue weighted by atomic mass is 16.2. The molecule has 8 heteroatoms. The highest BCUT2D eigenvalue weighted by Crippen LogP contribution is 2.15. The number of guanidine groups is 2. The molecule has 0 aliphatic carbocycles. The first-order chi connectivity index (χ1) is 13.8. The number of nitrogens with two attached hydrogens (primary N) is 1. The van der Waals surface area contributed by atoms with Gasteiger partial charge in [-0.3, -0.25) is 14.9 Å². The minimum Gasteiger partial charge on any atom is -0.369 e. The Labute approximate surface area is 169 Å². The van der Waals surface area contributed by atoms with Crippen molar-refractivity contribution in [2.75, 3.05) is 10.6 Å². The molecule has 1 unspecified atom stereocenters. The Morgan fingerprint density at radius 1 is 1.07 bits per heavy atom. The first-order valence-electron chi connectivity index (χ1n) is 9.24. The van der Waals surface area contributed by atoms with Gasteiger partial charge in [0.15, 0.2) is 0 Å². The number of hydrogen-bond donors (Lipinski definition) is 4. The van der Waals surface area contributed by atoms with Crippen LogP contribution in [0.15, 0.2) is 52.4 Å². The molecule has 1 aliphatic rings. The number of aryl methyl sites for hydroxylation is 3. The van der Waals surface area contributed by atoms with Crippen molar-refractivity contribution in [3.63, 3.8) is 0 Å². The lowest BCUT2D eigenvalue weighted by molar-refractivity contribution is -0.123. The molecule has 0 bridgehead atoms. The van der Waals surface area contributed by atoms with E-state index in [1.165, 1.54) is 0 Å². The van der Waals surface area contributed by atoms with Crippen LogP contribution in [0.4, 0.5) is 11.4 Å². The number of amides is 2. The van der Waals surface area contributed by atoms with Crippen molar-refractivity contribution in [2.24, 2.45) is 15.7 Å². The quantitative estimate of drug-likeness (QED) is 0.471. The molecule has 5 N–H and O–H groups in total. The Bertz CT molecular complexity index is 995. The van der Waals surface area contributed by atoms with Gasteiger partial charge in [-0.05, 0) is 56.2 Å². The van der Waals surface area contributed by atoms with Gasteiger partial charge in [-0.2, -0.15) is 4.99 Å². The maximum absolute atomic E-state index is 12.3. The SMILES string of the molecule is Cc1ccc(N/C(N)=N/C2=NC(CC(=O)Nc3ccc(C)c(C)c3)C(=O)N2)cc1. The van der Waals surface area contributed by atoms with Gasteiger partial charge in [-0.25, -0.2) is 4.99 Å². The molecule has 0 fully saturated rings. The minimum absolute atomic E-state index is 0.0797. The van der Waals surface area contributed by atoms with E-state index in [2.05, 4.69) is 25.9 Å². The molecule has 1 atom stereocenters. The lowest BCUT2D eigenvalue weighted by Crippen LogP contribution is -2.32. The van der Waals surface area contributed by atoms with Crippen molar-refractivity contribution in [1.82, 2.24) is 5.32 Å². The van der Waals surface area contributed by atoms with Crippen LogP contribution >= 0.6 is 0 Å². The fraction of sp³-hybridized carbons (Fsp3) is 0.238. The summed E-state index contributed by atoms with van der Waals surface area (Å²) in [6.45, 7) is 5.96. The number of carbonyl (C=O) groups excluding carboxylic acids is 2. The predicted molar refractivity (Wildman–Crippen MR) is 115 cm³/mol. The summed E-state index contributed by atoms with van der Waals surface area (Å²) in [5.74, 6) is -0.514. The number of rotatable bonds is 4. The van der Waals surface area contributed by atoms with Crippen LogP contribution in [-0.2, 0) is 9.59 Å². The second-order valence-corrected chi connectivity index (χ2v) is 7.00. The topological polar surface area (TPSA) is 121 Å². The molecule has 29 heavy (non-hydrogen) atoms. The summed E-state index contributed by atoms with van der Waals surface area (Å²) in [4.78, 5) is 32.6. The normalized spacial score (nSPS) is 16.2. The molecule has 1 heterocycles. The summed E-state index contributed by atoms with van der Waals surface area (Å²) in [7, 11) is 0. The van der Waals surface area contributed by atoms with E-state index in [0.29, 0.717) is 5.69 Å². The van der Waals surface area contributed by atoms with Crippen LogP contribution < -0.4 is 21.7 Å². The van der Waals surface area contributed by atoms with Crippen LogP contribution in [0.5, 0.6) is 0 Å². The van der Waals surface area contributed by atoms with Crippen LogP contribution in [0.3, 0.4) is 0 Å². The zero-order chi connectivity index (χ0) is 21.0. The van der Waals surface area contributed by atoms with E-state index in [0.717, 1.165) is 22.4 Å².